The number of carbonyl (C=O) groups is 2. The van der Waals surface area contributed by atoms with Crippen LogP contribution in [0.15, 0.2) is 46.0 Å². The number of halogens is 1. The maximum atomic E-state index is 12.7. The molecule has 1 amide bonds. The summed E-state index contributed by atoms with van der Waals surface area (Å²) in [6, 6.07) is 7.80. The summed E-state index contributed by atoms with van der Waals surface area (Å²) in [5.41, 5.74) is 0.850. The molecule has 1 saturated heterocycles. The van der Waals surface area contributed by atoms with Gasteiger partial charge in [0.25, 0.3) is 5.91 Å². The standard InChI is InChI=1S/C18H19ClN2O5S2/c19-15-1-3-16(4-2-15)28(24,25)21-8-6-20(7-9-21)17(22)12-26-18(23)11-14-5-10-27-13-14/h1-5,10,13H,6-9,11-12H2. The molecule has 1 fully saturated rings. The number of thiophene rings is 1. The van der Waals surface area contributed by atoms with Crippen LogP contribution in [0.5, 0.6) is 0 Å². The zero-order valence-corrected chi connectivity index (χ0v) is 17.3. The molecule has 1 aromatic carbocycles. The van der Waals surface area contributed by atoms with Crippen LogP contribution >= 0.6 is 22.9 Å². The number of hydrogen-bond acceptors (Lipinski definition) is 6. The molecule has 0 atom stereocenters. The van der Waals surface area contributed by atoms with E-state index in [1.54, 1.807) is 0 Å². The zero-order valence-electron chi connectivity index (χ0n) is 14.9. The van der Waals surface area contributed by atoms with Crippen LogP contribution < -0.4 is 0 Å². The van der Waals surface area contributed by atoms with E-state index in [9.17, 15) is 18.0 Å². The van der Waals surface area contributed by atoms with Crippen LogP contribution in [0.3, 0.4) is 0 Å². The number of benzene rings is 1. The first-order valence-electron chi connectivity index (χ1n) is 8.56. The Morgan fingerprint density at radius 1 is 1.07 bits per heavy atom. The number of rotatable bonds is 6. The van der Waals surface area contributed by atoms with E-state index in [0.29, 0.717) is 5.02 Å². The lowest BCUT2D eigenvalue weighted by Crippen LogP contribution is -2.51. The topological polar surface area (TPSA) is 84.0 Å². The lowest BCUT2D eigenvalue weighted by molar-refractivity contribution is -0.152. The fourth-order valence-corrected chi connectivity index (χ4v) is 4.99. The van der Waals surface area contributed by atoms with E-state index in [2.05, 4.69) is 0 Å². The lowest BCUT2D eigenvalue weighted by atomic mass is 10.2. The van der Waals surface area contributed by atoms with Gasteiger partial charge in [-0.05, 0) is 46.7 Å². The highest BCUT2D eigenvalue weighted by Crippen LogP contribution is 2.20. The molecule has 0 bridgehead atoms. The SMILES string of the molecule is O=C(Cc1ccsc1)OCC(=O)N1CCN(S(=O)(=O)c2ccc(Cl)cc2)CC1. The molecule has 0 saturated carbocycles. The molecular formula is C18H19ClN2O5S2. The summed E-state index contributed by atoms with van der Waals surface area (Å²) in [5.74, 6) is -0.794. The summed E-state index contributed by atoms with van der Waals surface area (Å²) in [6.45, 7) is 0.507. The van der Waals surface area contributed by atoms with Crippen molar-refractivity contribution in [1.29, 1.82) is 0 Å². The van der Waals surface area contributed by atoms with E-state index in [0.717, 1.165) is 5.56 Å². The molecule has 0 aliphatic carbocycles. The first-order chi connectivity index (χ1) is 13.4. The molecule has 1 aliphatic rings. The van der Waals surface area contributed by atoms with Crippen molar-refractivity contribution in [2.24, 2.45) is 0 Å². The number of esters is 1. The molecule has 2 heterocycles. The summed E-state index contributed by atoms with van der Waals surface area (Å²) < 4.78 is 31.7. The van der Waals surface area contributed by atoms with Crippen LogP contribution in [0.25, 0.3) is 0 Å². The third kappa shape index (κ3) is 5.11. The largest absolute Gasteiger partial charge is 0.455 e. The molecule has 0 radical (unpaired) electrons. The zero-order chi connectivity index (χ0) is 20.1. The molecular weight excluding hydrogens is 424 g/mol. The Labute approximate surface area is 172 Å². The van der Waals surface area contributed by atoms with Gasteiger partial charge in [0.1, 0.15) is 0 Å². The van der Waals surface area contributed by atoms with Crippen molar-refractivity contribution >= 4 is 44.8 Å². The monoisotopic (exact) mass is 442 g/mol. The number of hydrogen-bond donors (Lipinski definition) is 0. The van der Waals surface area contributed by atoms with E-state index >= 15 is 0 Å². The normalized spacial score (nSPS) is 15.4. The second kappa shape index (κ2) is 9.04. The van der Waals surface area contributed by atoms with E-state index in [1.807, 2.05) is 16.8 Å². The van der Waals surface area contributed by atoms with Crippen molar-refractivity contribution in [2.45, 2.75) is 11.3 Å². The van der Waals surface area contributed by atoms with Gasteiger partial charge < -0.3 is 9.64 Å². The van der Waals surface area contributed by atoms with Crippen molar-refractivity contribution in [2.75, 3.05) is 32.8 Å². The first kappa shape index (κ1) is 20.8. The number of piperazine rings is 1. The summed E-state index contributed by atoms with van der Waals surface area (Å²) in [6.07, 6.45) is 0.129. The van der Waals surface area contributed by atoms with Crippen LogP contribution in [-0.2, 0) is 30.8 Å². The Kier molecular flexibility index (Phi) is 6.71. The molecule has 150 valence electrons. The molecule has 0 N–H and O–H groups in total. The molecule has 1 aliphatic heterocycles. The highest BCUT2D eigenvalue weighted by molar-refractivity contribution is 7.89. The van der Waals surface area contributed by atoms with Gasteiger partial charge in [-0.2, -0.15) is 15.6 Å². The minimum atomic E-state index is -3.63. The second-order valence-corrected chi connectivity index (χ2v) is 9.36. The minimum Gasteiger partial charge on any atom is -0.455 e. The number of amides is 1. The number of ether oxygens (including phenoxy) is 1. The fraction of sp³-hybridized carbons (Fsp3) is 0.333. The Hall–Kier alpha value is -1.94. The van der Waals surface area contributed by atoms with Gasteiger partial charge in [-0.25, -0.2) is 8.42 Å². The molecule has 10 heteroatoms. The lowest BCUT2D eigenvalue weighted by Gasteiger charge is -2.33. The highest BCUT2D eigenvalue weighted by Gasteiger charge is 2.30. The van der Waals surface area contributed by atoms with Gasteiger partial charge in [0.2, 0.25) is 10.0 Å². The maximum absolute atomic E-state index is 12.7. The van der Waals surface area contributed by atoms with Crippen LogP contribution in [-0.4, -0.2) is 62.3 Å². The number of nitrogens with zero attached hydrogens (tertiary/aromatic N) is 2. The summed E-state index contributed by atoms with van der Waals surface area (Å²) >= 11 is 7.29. The van der Waals surface area contributed by atoms with Gasteiger partial charge in [0.15, 0.2) is 6.61 Å². The predicted octanol–water partition coefficient (Wildman–Crippen LogP) is 2.02. The van der Waals surface area contributed by atoms with Gasteiger partial charge in [-0.15, -0.1) is 0 Å². The maximum Gasteiger partial charge on any atom is 0.310 e. The summed E-state index contributed by atoms with van der Waals surface area (Å²) in [7, 11) is -3.63. The van der Waals surface area contributed by atoms with Gasteiger partial charge in [-0.3, -0.25) is 9.59 Å². The van der Waals surface area contributed by atoms with Crippen molar-refractivity contribution in [1.82, 2.24) is 9.21 Å². The fourth-order valence-electron chi connectivity index (χ4n) is 2.78. The van der Waals surface area contributed by atoms with Crippen LogP contribution in [0.2, 0.25) is 5.02 Å². The van der Waals surface area contributed by atoms with Gasteiger partial charge in [0, 0.05) is 31.2 Å². The van der Waals surface area contributed by atoms with Crippen molar-refractivity contribution in [3.05, 3.63) is 51.7 Å². The quantitative estimate of drug-likeness (QED) is 0.639. The minimum absolute atomic E-state index is 0.129. The van der Waals surface area contributed by atoms with Gasteiger partial charge >= 0.3 is 5.97 Å². The summed E-state index contributed by atoms with van der Waals surface area (Å²) in [5, 5.41) is 4.18. The molecule has 3 rings (SSSR count). The molecule has 0 spiro atoms. The van der Waals surface area contributed by atoms with E-state index in [-0.39, 0.29) is 50.0 Å². The Balaban J connectivity index is 1.48. The molecule has 2 aromatic rings. The number of carbonyl (C=O) groups excluding carboxylic acids is 2. The highest BCUT2D eigenvalue weighted by atomic mass is 35.5. The smallest absolute Gasteiger partial charge is 0.310 e. The second-order valence-electron chi connectivity index (χ2n) is 6.21. The molecule has 0 unspecified atom stereocenters. The summed E-state index contributed by atoms with van der Waals surface area (Å²) in [4.78, 5) is 25.7. The van der Waals surface area contributed by atoms with Crippen molar-refractivity contribution in [3.63, 3.8) is 0 Å². The number of sulfonamides is 1. The molecule has 7 nitrogen and oxygen atoms in total. The van der Waals surface area contributed by atoms with Gasteiger partial charge in [-0.1, -0.05) is 11.6 Å². The first-order valence-corrected chi connectivity index (χ1v) is 11.3. The van der Waals surface area contributed by atoms with Gasteiger partial charge in [0.05, 0.1) is 11.3 Å². The molecule has 1 aromatic heterocycles. The predicted molar refractivity (Wildman–Crippen MR) is 106 cm³/mol. The van der Waals surface area contributed by atoms with Crippen molar-refractivity contribution in [3.8, 4) is 0 Å². The Morgan fingerprint density at radius 3 is 2.36 bits per heavy atom. The van der Waals surface area contributed by atoms with Crippen LogP contribution in [0.4, 0.5) is 0 Å². The van der Waals surface area contributed by atoms with E-state index in [1.165, 1.54) is 44.8 Å². The van der Waals surface area contributed by atoms with E-state index in [4.69, 9.17) is 16.3 Å². The molecule has 28 heavy (non-hydrogen) atoms. The average Bonchev–Trinajstić information content (AvgIpc) is 3.19. The third-order valence-electron chi connectivity index (χ3n) is 4.33. The Bertz CT molecular complexity index is 921. The Morgan fingerprint density at radius 2 is 1.75 bits per heavy atom. The van der Waals surface area contributed by atoms with Crippen molar-refractivity contribution < 1.29 is 22.7 Å². The van der Waals surface area contributed by atoms with Crippen LogP contribution in [0, 0.1) is 0 Å². The van der Waals surface area contributed by atoms with E-state index < -0.39 is 16.0 Å². The third-order valence-corrected chi connectivity index (χ3v) is 7.22. The van der Waals surface area contributed by atoms with Crippen LogP contribution in [0.1, 0.15) is 5.56 Å². The average molecular weight is 443 g/mol.